The zero-order valence-electron chi connectivity index (χ0n) is 19.6. The van der Waals surface area contributed by atoms with Crippen molar-refractivity contribution in [1.82, 2.24) is 24.3 Å². The summed E-state index contributed by atoms with van der Waals surface area (Å²) < 4.78 is 14.5. The Morgan fingerprint density at radius 2 is 2.08 bits per heavy atom. The number of aromatic nitrogens is 5. The summed E-state index contributed by atoms with van der Waals surface area (Å²) in [6.45, 7) is 3.05. The van der Waals surface area contributed by atoms with E-state index in [1.807, 2.05) is 35.9 Å². The second kappa shape index (κ2) is 9.14. The quantitative estimate of drug-likeness (QED) is 0.370. The number of imidazole rings is 1. The molecule has 0 saturated carbocycles. The van der Waals surface area contributed by atoms with E-state index in [2.05, 4.69) is 10.3 Å². The molecule has 1 saturated heterocycles. The van der Waals surface area contributed by atoms with Crippen molar-refractivity contribution >= 4 is 50.3 Å². The Morgan fingerprint density at radius 3 is 2.86 bits per heavy atom. The predicted octanol–water partition coefficient (Wildman–Crippen LogP) is 2.30. The van der Waals surface area contributed by atoms with E-state index >= 15 is 0 Å². The van der Waals surface area contributed by atoms with Crippen molar-refractivity contribution in [3.05, 3.63) is 59.0 Å². The minimum atomic E-state index is -0.916. The van der Waals surface area contributed by atoms with E-state index in [-0.39, 0.29) is 12.0 Å². The average Bonchev–Trinajstić information content (AvgIpc) is 3.46. The number of fused-ring (bicyclic) bond motifs is 2. The number of carbonyl (C=O) groups excluding carboxylic acids is 1. The molecule has 36 heavy (non-hydrogen) atoms. The van der Waals surface area contributed by atoms with Crippen molar-refractivity contribution in [3.8, 4) is 17.4 Å². The third kappa shape index (κ3) is 3.95. The van der Waals surface area contributed by atoms with Crippen LogP contribution in [0.1, 0.15) is 37.3 Å². The molecule has 184 valence electrons. The Balaban J connectivity index is 1.38. The Morgan fingerprint density at radius 1 is 1.25 bits per heavy atom. The van der Waals surface area contributed by atoms with Crippen LogP contribution in [0.4, 0.5) is 5.82 Å². The van der Waals surface area contributed by atoms with Gasteiger partial charge in [0.25, 0.3) is 0 Å². The van der Waals surface area contributed by atoms with Gasteiger partial charge in [0.15, 0.2) is 0 Å². The first-order chi connectivity index (χ1) is 17.4. The molecule has 11 heteroatoms. The number of carbonyl (C=O) groups is 1. The fraction of sp³-hybridized carbons (Fsp3) is 0.320. The van der Waals surface area contributed by atoms with Crippen LogP contribution in [-0.2, 0) is 14.9 Å². The maximum absolute atomic E-state index is 13.2. The Kier molecular flexibility index (Phi) is 5.94. The standard InChI is InChI=1S/C25H24AsClN6O3/c1-25(14-5-7-15(27)8-6-14)18-19(26)30-20(31-21(18)32-24(25)34)17-12-33-10-9-28-22(33)23(29-17)36-13-16-4-2-3-11-35-16/h5-10,12,16H,2-4,11,13,26H2,1H3,(H,30,31,32,34). The van der Waals surface area contributed by atoms with Crippen LogP contribution in [0, 0.1) is 0 Å². The number of hydrogen-bond donors (Lipinski definition) is 1. The van der Waals surface area contributed by atoms with Gasteiger partial charge in [-0.1, -0.05) is 0 Å². The van der Waals surface area contributed by atoms with Gasteiger partial charge in [-0.2, -0.15) is 0 Å². The Bertz CT molecular complexity index is 1470. The van der Waals surface area contributed by atoms with Crippen molar-refractivity contribution in [2.75, 3.05) is 18.5 Å². The molecule has 0 aliphatic carbocycles. The number of halogens is 1. The summed E-state index contributed by atoms with van der Waals surface area (Å²) in [4.78, 5) is 31.8. The molecule has 5 heterocycles. The molecule has 2 aliphatic heterocycles. The summed E-state index contributed by atoms with van der Waals surface area (Å²) in [7, 11) is 0. The van der Waals surface area contributed by atoms with Crippen LogP contribution in [0.15, 0.2) is 42.9 Å². The first kappa shape index (κ1) is 23.4. The molecule has 0 bridgehead atoms. The number of ether oxygens (including phenoxy) is 2. The number of amides is 1. The molecule has 1 amide bonds. The minimum absolute atomic E-state index is 0.0427. The van der Waals surface area contributed by atoms with Crippen molar-refractivity contribution in [2.24, 2.45) is 0 Å². The molecule has 3 unspecified atom stereocenters. The monoisotopic (exact) mass is 566 g/mol. The number of nitrogens with one attached hydrogen (secondary N) is 1. The number of benzene rings is 1. The van der Waals surface area contributed by atoms with Crippen molar-refractivity contribution < 1.29 is 14.3 Å². The SMILES string of the molecule is CC1(c2ccc(Cl)cc2)C(=O)Nc2nc(-c3cn4ccnc4c(OCC4CCCCO4)n3)nc([AsH2])c21. The zero-order valence-corrected chi connectivity index (χ0v) is 22.7. The maximum atomic E-state index is 13.2. The Labute approximate surface area is 221 Å². The first-order valence-corrected chi connectivity index (χ1v) is 13.4. The number of anilines is 1. The molecule has 1 N–H and O–H groups in total. The van der Waals surface area contributed by atoms with E-state index in [1.165, 1.54) is 16.9 Å². The predicted molar refractivity (Wildman–Crippen MR) is 138 cm³/mol. The summed E-state index contributed by atoms with van der Waals surface area (Å²) in [5.74, 6) is 1.14. The van der Waals surface area contributed by atoms with Crippen LogP contribution >= 0.6 is 11.6 Å². The number of nitrogens with zero attached hydrogens (tertiary/aromatic N) is 5. The van der Waals surface area contributed by atoms with Crippen molar-refractivity contribution in [2.45, 2.75) is 37.7 Å². The molecule has 1 aromatic carbocycles. The Hall–Kier alpha value is -3.00. The van der Waals surface area contributed by atoms with Gasteiger partial charge in [-0.05, 0) is 0 Å². The van der Waals surface area contributed by atoms with E-state index < -0.39 is 5.41 Å². The van der Waals surface area contributed by atoms with Crippen LogP contribution in [0.25, 0.3) is 17.2 Å². The van der Waals surface area contributed by atoms with Gasteiger partial charge in [-0.25, -0.2) is 0 Å². The summed E-state index contributed by atoms with van der Waals surface area (Å²) in [5, 5.41) is 3.57. The van der Waals surface area contributed by atoms with E-state index in [0.717, 1.165) is 41.5 Å². The van der Waals surface area contributed by atoms with Crippen molar-refractivity contribution in [1.29, 1.82) is 0 Å². The molecule has 0 radical (unpaired) electrons. The second-order valence-electron chi connectivity index (χ2n) is 9.13. The number of rotatable bonds is 5. The molecule has 6 rings (SSSR count). The van der Waals surface area contributed by atoms with Gasteiger partial charge in [0.05, 0.1) is 0 Å². The van der Waals surface area contributed by atoms with Gasteiger partial charge in [0, 0.05) is 0 Å². The molecule has 9 nitrogen and oxygen atoms in total. The summed E-state index contributed by atoms with van der Waals surface area (Å²) in [6.07, 6.45) is 8.56. The fourth-order valence-electron chi connectivity index (χ4n) is 4.80. The summed E-state index contributed by atoms with van der Waals surface area (Å²) >= 11 is 7.39. The van der Waals surface area contributed by atoms with Gasteiger partial charge in [0.1, 0.15) is 0 Å². The third-order valence-corrected chi connectivity index (χ3v) is 7.93. The molecule has 0 spiro atoms. The zero-order chi connectivity index (χ0) is 24.9. The van der Waals surface area contributed by atoms with E-state index in [0.29, 0.717) is 40.5 Å². The second-order valence-corrected chi connectivity index (χ2v) is 10.7. The van der Waals surface area contributed by atoms with Gasteiger partial charge < -0.3 is 0 Å². The van der Waals surface area contributed by atoms with E-state index in [4.69, 9.17) is 36.0 Å². The van der Waals surface area contributed by atoms with E-state index in [9.17, 15) is 4.79 Å². The summed E-state index contributed by atoms with van der Waals surface area (Å²) in [6, 6.07) is 7.30. The molecule has 3 aromatic heterocycles. The van der Waals surface area contributed by atoms with Gasteiger partial charge in [-0.3, -0.25) is 0 Å². The molecule has 1 fully saturated rings. The number of hydrogen-bond acceptors (Lipinski definition) is 7. The van der Waals surface area contributed by atoms with Crippen LogP contribution in [0.5, 0.6) is 5.88 Å². The topological polar surface area (TPSA) is 104 Å². The third-order valence-electron chi connectivity index (χ3n) is 6.80. The molecule has 2 aliphatic rings. The van der Waals surface area contributed by atoms with Crippen LogP contribution in [-0.4, -0.2) is 66.4 Å². The normalized spacial score (nSPS) is 21.4. The van der Waals surface area contributed by atoms with Crippen molar-refractivity contribution in [3.63, 3.8) is 0 Å². The summed E-state index contributed by atoms with van der Waals surface area (Å²) in [5.41, 5.74) is 1.82. The van der Waals surface area contributed by atoms with Gasteiger partial charge >= 0.3 is 222 Å². The van der Waals surface area contributed by atoms with Crippen LogP contribution in [0.2, 0.25) is 5.02 Å². The van der Waals surface area contributed by atoms with Crippen LogP contribution in [0.3, 0.4) is 0 Å². The fourth-order valence-corrected chi connectivity index (χ4v) is 6.07. The molecule has 3 atom stereocenters. The van der Waals surface area contributed by atoms with E-state index in [1.54, 1.807) is 18.3 Å². The average molecular weight is 567 g/mol. The van der Waals surface area contributed by atoms with Gasteiger partial charge in [0.2, 0.25) is 0 Å². The van der Waals surface area contributed by atoms with Crippen LogP contribution < -0.4 is 14.5 Å². The molecular weight excluding hydrogens is 543 g/mol. The molecular formula is C25H24AsClN6O3. The molecule has 4 aromatic rings. The van der Waals surface area contributed by atoms with Gasteiger partial charge in [-0.15, -0.1) is 0 Å². The first-order valence-electron chi connectivity index (χ1n) is 11.8.